The fourth-order valence-corrected chi connectivity index (χ4v) is 4.51. The highest BCUT2D eigenvalue weighted by Gasteiger charge is 2.24. The molecule has 0 spiro atoms. The predicted octanol–water partition coefficient (Wildman–Crippen LogP) is 2.91. The molecule has 4 rings (SSSR count). The maximum absolute atomic E-state index is 12.3. The van der Waals surface area contributed by atoms with E-state index in [1.807, 2.05) is 12.1 Å². The minimum absolute atomic E-state index is 0.0330. The summed E-state index contributed by atoms with van der Waals surface area (Å²) in [6.45, 7) is 2.58. The van der Waals surface area contributed by atoms with Gasteiger partial charge in [0.25, 0.3) is 5.56 Å². The van der Waals surface area contributed by atoms with Crippen LogP contribution in [0.2, 0.25) is 0 Å². The second-order valence-electron chi connectivity index (χ2n) is 7.56. The van der Waals surface area contributed by atoms with E-state index in [2.05, 4.69) is 9.55 Å². The van der Waals surface area contributed by atoms with Crippen LogP contribution in [0.3, 0.4) is 0 Å². The molecule has 1 saturated carbocycles. The first kappa shape index (κ1) is 18.0. The Bertz CT molecular complexity index is 1170. The molecule has 0 unspecified atom stereocenters. The van der Waals surface area contributed by atoms with Gasteiger partial charge in [0.1, 0.15) is 5.65 Å². The van der Waals surface area contributed by atoms with Crippen LogP contribution in [0.4, 0.5) is 0 Å². The lowest BCUT2D eigenvalue weighted by atomic mass is 10.1. The zero-order valence-corrected chi connectivity index (χ0v) is 16.6. The van der Waals surface area contributed by atoms with Crippen molar-refractivity contribution in [1.29, 1.82) is 0 Å². The van der Waals surface area contributed by atoms with Gasteiger partial charge in [0.15, 0.2) is 9.84 Å². The first-order valence-corrected chi connectivity index (χ1v) is 11.0. The third kappa shape index (κ3) is 3.32. The summed E-state index contributed by atoms with van der Waals surface area (Å²) in [5, 5.41) is 0.636. The number of hydrogen-bond acceptors (Lipinski definition) is 4. The lowest BCUT2D eigenvalue weighted by Crippen LogP contribution is -2.18. The van der Waals surface area contributed by atoms with Gasteiger partial charge in [-0.15, -0.1) is 0 Å². The molecule has 0 saturated heterocycles. The van der Waals surface area contributed by atoms with Crippen molar-refractivity contribution >= 4 is 20.9 Å². The Balaban J connectivity index is 1.97. The number of aryl methyl sites for hydroxylation is 3. The second-order valence-corrected chi connectivity index (χ2v) is 9.54. The summed E-state index contributed by atoms with van der Waals surface area (Å²) in [5.74, 6) is 0.746. The average Bonchev–Trinajstić information content (AvgIpc) is 3.35. The summed E-state index contributed by atoms with van der Waals surface area (Å²) < 4.78 is 28.2. The summed E-state index contributed by atoms with van der Waals surface area (Å²) in [5.41, 5.74) is 3.09. The van der Waals surface area contributed by atoms with Crippen molar-refractivity contribution in [3.63, 3.8) is 0 Å². The minimum Gasteiger partial charge on any atom is -0.325 e. The molecular weight excluding hydrogens is 362 g/mol. The molecule has 7 heteroatoms. The van der Waals surface area contributed by atoms with Crippen molar-refractivity contribution < 1.29 is 8.42 Å². The van der Waals surface area contributed by atoms with Crippen LogP contribution < -0.4 is 5.56 Å². The van der Waals surface area contributed by atoms with Gasteiger partial charge in [-0.1, -0.05) is 12.8 Å². The van der Waals surface area contributed by atoms with E-state index in [0.29, 0.717) is 21.5 Å². The number of pyridine rings is 2. The number of sulfone groups is 1. The molecule has 142 valence electrons. The molecule has 0 amide bonds. The average molecular weight is 385 g/mol. The Morgan fingerprint density at radius 2 is 2.00 bits per heavy atom. The molecule has 27 heavy (non-hydrogen) atoms. The van der Waals surface area contributed by atoms with E-state index in [1.165, 1.54) is 19.1 Å². The van der Waals surface area contributed by atoms with Crippen LogP contribution in [0.1, 0.15) is 24.8 Å². The SMILES string of the molecule is Cc1cc(-c2cc3c(S(C)(=O)=O)ccnc3n2CCC2CC2)cn(C)c1=O. The topological polar surface area (TPSA) is 74.0 Å². The number of rotatable bonds is 5. The summed E-state index contributed by atoms with van der Waals surface area (Å²) in [6.07, 6.45) is 8.15. The monoisotopic (exact) mass is 385 g/mol. The van der Waals surface area contributed by atoms with Gasteiger partial charge in [-0.2, -0.15) is 0 Å². The van der Waals surface area contributed by atoms with Gasteiger partial charge in [-0.05, 0) is 37.5 Å². The maximum Gasteiger partial charge on any atom is 0.253 e. The Labute approximate surface area is 158 Å². The number of aromatic nitrogens is 3. The van der Waals surface area contributed by atoms with E-state index >= 15 is 0 Å². The Morgan fingerprint density at radius 3 is 2.63 bits per heavy atom. The van der Waals surface area contributed by atoms with Crippen molar-refractivity contribution in [1.82, 2.24) is 14.1 Å². The number of nitrogens with zero attached hydrogens (tertiary/aromatic N) is 3. The van der Waals surface area contributed by atoms with Crippen molar-refractivity contribution in [3.05, 3.63) is 46.5 Å². The van der Waals surface area contributed by atoms with Gasteiger partial charge >= 0.3 is 0 Å². The number of hydrogen-bond donors (Lipinski definition) is 0. The van der Waals surface area contributed by atoms with Crippen molar-refractivity contribution in [2.24, 2.45) is 13.0 Å². The molecule has 1 aliphatic rings. The van der Waals surface area contributed by atoms with Crippen molar-refractivity contribution in [2.75, 3.05) is 6.26 Å². The molecule has 3 aromatic heterocycles. The van der Waals surface area contributed by atoms with Crippen LogP contribution in [0.15, 0.2) is 40.3 Å². The number of fused-ring (bicyclic) bond motifs is 1. The Hall–Kier alpha value is -2.41. The maximum atomic E-state index is 12.3. The van der Waals surface area contributed by atoms with Crippen LogP contribution in [-0.4, -0.2) is 28.8 Å². The molecule has 1 aliphatic carbocycles. The molecule has 1 fully saturated rings. The van der Waals surface area contributed by atoms with Crippen LogP contribution in [0.5, 0.6) is 0 Å². The van der Waals surface area contributed by atoms with Crippen LogP contribution >= 0.6 is 0 Å². The highest BCUT2D eigenvalue weighted by molar-refractivity contribution is 7.91. The predicted molar refractivity (Wildman–Crippen MR) is 106 cm³/mol. The molecule has 6 nitrogen and oxygen atoms in total. The van der Waals surface area contributed by atoms with Crippen LogP contribution in [0, 0.1) is 12.8 Å². The third-order valence-corrected chi connectivity index (χ3v) is 6.43. The standard InChI is InChI=1S/C20H23N3O3S/c1-13-10-15(12-22(2)20(13)24)17-11-16-18(27(3,25)26)6-8-21-19(16)23(17)9-7-14-4-5-14/h6,8,10-12,14H,4-5,7,9H2,1-3H3. The van der Waals surface area contributed by atoms with Crippen molar-refractivity contribution in [3.8, 4) is 11.3 Å². The summed E-state index contributed by atoms with van der Waals surface area (Å²) in [6, 6.07) is 5.31. The lowest BCUT2D eigenvalue weighted by molar-refractivity contribution is 0.602. The fourth-order valence-electron chi connectivity index (χ4n) is 3.65. The zero-order chi connectivity index (χ0) is 19.3. The molecule has 0 atom stereocenters. The fraction of sp³-hybridized carbons (Fsp3) is 0.400. The van der Waals surface area contributed by atoms with E-state index < -0.39 is 9.84 Å². The Kier molecular flexibility index (Phi) is 4.22. The Morgan fingerprint density at radius 1 is 1.26 bits per heavy atom. The van der Waals surface area contributed by atoms with Gasteiger partial charge < -0.3 is 9.13 Å². The highest BCUT2D eigenvalue weighted by Crippen LogP contribution is 2.36. The van der Waals surface area contributed by atoms with Gasteiger partial charge in [-0.25, -0.2) is 13.4 Å². The molecule has 0 bridgehead atoms. The van der Waals surface area contributed by atoms with E-state index in [4.69, 9.17) is 0 Å². The normalized spacial score (nSPS) is 14.8. The quantitative estimate of drug-likeness (QED) is 0.677. The lowest BCUT2D eigenvalue weighted by Gasteiger charge is -2.12. The van der Waals surface area contributed by atoms with Gasteiger partial charge in [0.2, 0.25) is 0 Å². The largest absolute Gasteiger partial charge is 0.325 e. The summed E-state index contributed by atoms with van der Waals surface area (Å²) in [7, 11) is -1.63. The van der Waals surface area contributed by atoms with Crippen LogP contribution in [0.25, 0.3) is 22.3 Å². The smallest absolute Gasteiger partial charge is 0.253 e. The van der Waals surface area contributed by atoms with Crippen LogP contribution in [-0.2, 0) is 23.4 Å². The first-order chi connectivity index (χ1) is 12.8. The molecule has 0 radical (unpaired) electrons. The van der Waals surface area contributed by atoms with Gasteiger partial charge in [-0.3, -0.25) is 4.79 Å². The zero-order valence-electron chi connectivity index (χ0n) is 15.8. The summed E-state index contributed by atoms with van der Waals surface area (Å²) >= 11 is 0. The molecule has 3 aromatic rings. The van der Waals surface area contributed by atoms with Crippen molar-refractivity contribution in [2.45, 2.75) is 37.6 Å². The molecule has 3 heterocycles. The molecule has 0 N–H and O–H groups in total. The summed E-state index contributed by atoms with van der Waals surface area (Å²) in [4.78, 5) is 16.9. The minimum atomic E-state index is -3.37. The highest BCUT2D eigenvalue weighted by atomic mass is 32.2. The first-order valence-electron chi connectivity index (χ1n) is 9.11. The van der Waals surface area contributed by atoms with E-state index in [-0.39, 0.29) is 5.56 Å². The van der Waals surface area contributed by atoms with E-state index in [9.17, 15) is 13.2 Å². The molecule has 0 aliphatic heterocycles. The molecule has 0 aromatic carbocycles. The van der Waals surface area contributed by atoms with E-state index in [0.717, 1.165) is 30.1 Å². The van der Waals surface area contributed by atoms with Gasteiger partial charge in [0, 0.05) is 48.8 Å². The van der Waals surface area contributed by atoms with E-state index in [1.54, 1.807) is 37.0 Å². The molecular formula is C20H23N3O3S. The second kappa shape index (κ2) is 6.34. The third-order valence-electron chi connectivity index (χ3n) is 5.27. The van der Waals surface area contributed by atoms with Gasteiger partial charge in [0.05, 0.1) is 10.6 Å².